The first-order chi connectivity index (χ1) is 7.83. The Hall–Kier alpha value is -1.76. The van der Waals surface area contributed by atoms with Gasteiger partial charge in [0.05, 0.1) is 0 Å². The van der Waals surface area contributed by atoms with E-state index in [9.17, 15) is 4.79 Å². The van der Waals surface area contributed by atoms with Crippen LogP contribution in [0, 0.1) is 0 Å². The van der Waals surface area contributed by atoms with Crippen LogP contribution in [0.2, 0.25) is 0 Å². The highest BCUT2D eigenvalue weighted by Crippen LogP contribution is 2.28. The van der Waals surface area contributed by atoms with Crippen LogP contribution in [0.15, 0.2) is 28.7 Å². The Bertz CT molecular complexity index is 474. The highest BCUT2D eigenvalue weighted by molar-refractivity contribution is 9.10. The van der Waals surface area contributed by atoms with Crippen molar-refractivity contribution in [1.82, 2.24) is 20.6 Å². The smallest absolute Gasteiger partial charge is 0.294 e. The zero-order valence-electron chi connectivity index (χ0n) is 8.00. The molecule has 2 rings (SSSR count). The number of carbonyl (C=O) groups is 1. The molecular weight excluding hydrogens is 276 g/mol. The highest BCUT2D eigenvalue weighted by atomic mass is 79.9. The van der Waals surface area contributed by atoms with Crippen LogP contribution < -0.4 is 0 Å². The van der Waals surface area contributed by atoms with Crippen molar-refractivity contribution in [2.24, 2.45) is 0 Å². The number of hydrogen-bond acceptors (Lipinski definition) is 5. The average molecular weight is 283 g/mol. The van der Waals surface area contributed by atoms with Crippen molar-refractivity contribution in [3.05, 3.63) is 40.1 Å². The maximum absolute atomic E-state index is 10.5. The minimum atomic E-state index is -0.660. The number of aromatic nitrogens is 4. The van der Waals surface area contributed by atoms with Gasteiger partial charge in [-0.3, -0.25) is 4.79 Å². The van der Waals surface area contributed by atoms with Crippen LogP contribution in [0.25, 0.3) is 0 Å². The molecule has 0 radical (unpaired) electrons. The Kier molecular flexibility index (Phi) is 3.25. The molecule has 0 aliphatic carbocycles. The van der Waals surface area contributed by atoms with Crippen molar-refractivity contribution in [2.45, 2.75) is 6.10 Å². The standard InChI is InChI=1S/C9H7BrN4O2/c10-7-4-2-1-3-6(7)8(16-5-15)9-11-13-14-12-9/h1-5,8H,(H,11,12,13,14). The normalized spacial score (nSPS) is 12.1. The predicted octanol–water partition coefficient (Wildman–Crippen LogP) is 1.22. The summed E-state index contributed by atoms with van der Waals surface area (Å²) in [5, 5.41) is 13.4. The zero-order valence-corrected chi connectivity index (χ0v) is 9.59. The number of carbonyl (C=O) groups excluding carboxylic acids is 1. The molecule has 16 heavy (non-hydrogen) atoms. The number of benzene rings is 1. The van der Waals surface area contributed by atoms with Crippen molar-refractivity contribution in [1.29, 1.82) is 0 Å². The lowest BCUT2D eigenvalue weighted by Gasteiger charge is -2.12. The van der Waals surface area contributed by atoms with Gasteiger partial charge in [0.25, 0.3) is 6.47 Å². The molecule has 0 saturated heterocycles. The summed E-state index contributed by atoms with van der Waals surface area (Å²) in [5.41, 5.74) is 0.760. The summed E-state index contributed by atoms with van der Waals surface area (Å²) in [6.45, 7) is 0.362. The third-order valence-corrected chi connectivity index (χ3v) is 2.70. The third kappa shape index (κ3) is 2.08. The Morgan fingerprint density at radius 2 is 2.25 bits per heavy atom. The summed E-state index contributed by atoms with van der Waals surface area (Å²) in [6.07, 6.45) is -0.660. The van der Waals surface area contributed by atoms with Gasteiger partial charge >= 0.3 is 0 Å². The molecule has 0 aliphatic heterocycles. The van der Waals surface area contributed by atoms with E-state index in [-0.39, 0.29) is 0 Å². The molecule has 0 bridgehead atoms. The van der Waals surface area contributed by atoms with Gasteiger partial charge in [0.2, 0.25) is 5.82 Å². The molecule has 6 nitrogen and oxygen atoms in total. The number of halogens is 1. The second-order valence-corrected chi connectivity index (χ2v) is 3.76. The quantitative estimate of drug-likeness (QED) is 0.853. The molecule has 1 N–H and O–H groups in total. The molecule has 82 valence electrons. The van der Waals surface area contributed by atoms with Crippen molar-refractivity contribution >= 4 is 22.4 Å². The summed E-state index contributed by atoms with van der Waals surface area (Å²) < 4.78 is 5.77. The van der Waals surface area contributed by atoms with Crippen LogP contribution in [0.3, 0.4) is 0 Å². The molecular formula is C9H7BrN4O2. The van der Waals surface area contributed by atoms with Crippen LogP contribution in [-0.4, -0.2) is 27.1 Å². The van der Waals surface area contributed by atoms with Crippen molar-refractivity contribution in [3.8, 4) is 0 Å². The SMILES string of the molecule is O=COC(c1nn[nH]n1)c1ccccc1Br. The predicted molar refractivity (Wildman–Crippen MR) is 57.3 cm³/mol. The summed E-state index contributed by atoms with van der Waals surface area (Å²) in [7, 11) is 0. The zero-order chi connectivity index (χ0) is 11.4. The molecule has 0 aliphatic rings. The van der Waals surface area contributed by atoms with Gasteiger partial charge in [-0.15, -0.1) is 10.2 Å². The Balaban J connectivity index is 2.40. The van der Waals surface area contributed by atoms with E-state index >= 15 is 0 Å². The first-order valence-electron chi connectivity index (χ1n) is 4.40. The van der Waals surface area contributed by atoms with Gasteiger partial charge in [-0.2, -0.15) is 5.21 Å². The molecule has 1 aromatic heterocycles. The number of rotatable bonds is 4. The van der Waals surface area contributed by atoms with E-state index in [0.717, 1.165) is 10.0 Å². The molecule has 1 aromatic carbocycles. The fourth-order valence-corrected chi connectivity index (χ4v) is 1.79. The maximum Gasteiger partial charge on any atom is 0.294 e. The lowest BCUT2D eigenvalue weighted by molar-refractivity contribution is -0.132. The number of nitrogens with one attached hydrogen (secondary N) is 1. The van der Waals surface area contributed by atoms with Crippen LogP contribution in [0.5, 0.6) is 0 Å². The lowest BCUT2D eigenvalue weighted by Crippen LogP contribution is -2.08. The Labute approximate surface area is 99.1 Å². The van der Waals surface area contributed by atoms with Crippen LogP contribution in [0.1, 0.15) is 17.5 Å². The second-order valence-electron chi connectivity index (χ2n) is 2.90. The molecule has 0 spiro atoms. The number of ether oxygens (including phenoxy) is 1. The number of H-pyrrole nitrogens is 1. The maximum atomic E-state index is 10.5. The van der Waals surface area contributed by atoms with Gasteiger partial charge in [0.1, 0.15) is 0 Å². The van der Waals surface area contributed by atoms with Gasteiger partial charge in [0.15, 0.2) is 6.10 Å². The summed E-state index contributed by atoms with van der Waals surface area (Å²) in [4.78, 5) is 10.5. The van der Waals surface area contributed by atoms with Crippen molar-refractivity contribution in [3.63, 3.8) is 0 Å². The molecule has 1 heterocycles. The first-order valence-corrected chi connectivity index (χ1v) is 5.19. The fourth-order valence-electron chi connectivity index (χ4n) is 1.30. The average Bonchev–Trinajstić information content (AvgIpc) is 2.80. The highest BCUT2D eigenvalue weighted by Gasteiger charge is 2.21. The number of nitrogens with zero attached hydrogens (tertiary/aromatic N) is 3. The van der Waals surface area contributed by atoms with Crippen molar-refractivity contribution < 1.29 is 9.53 Å². The number of aromatic amines is 1. The Morgan fingerprint density at radius 3 is 2.88 bits per heavy atom. The molecule has 0 saturated carbocycles. The molecule has 0 fully saturated rings. The molecule has 0 amide bonds. The van der Waals surface area contributed by atoms with Crippen LogP contribution >= 0.6 is 15.9 Å². The van der Waals surface area contributed by atoms with E-state index < -0.39 is 6.10 Å². The van der Waals surface area contributed by atoms with E-state index in [1.165, 1.54) is 0 Å². The van der Waals surface area contributed by atoms with Crippen LogP contribution in [-0.2, 0) is 9.53 Å². The Morgan fingerprint density at radius 1 is 1.44 bits per heavy atom. The fraction of sp³-hybridized carbons (Fsp3) is 0.111. The summed E-state index contributed by atoms with van der Waals surface area (Å²) >= 11 is 3.37. The van der Waals surface area contributed by atoms with Gasteiger partial charge in [-0.05, 0) is 6.07 Å². The topological polar surface area (TPSA) is 80.8 Å². The summed E-state index contributed by atoms with van der Waals surface area (Å²) in [6, 6.07) is 7.36. The molecule has 7 heteroatoms. The van der Waals surface area contributed by atoms with E-state index in [4.69, 9.17) is 4.74 Å². The minimum Gasteiger partial charge on any atom is -0.451 e. The second kappa shape index (κ2) is 4.84. The number of hydrogen-bond donors (Lipinski definition) is 1. The first kappa shape index (κ1) is 10.7. The van der Waals surface area contributed by atoms with Crippen LogP contribution in [0.4, 0.5) is 0 Å². The number of tetrazole rings is 1. The lowest BCUT2D eigenvalue weighted by atomic mass is 10.1. The van der Waals surface area contributed by atoms with E-state index in [2.05, 4.69) is 36.6 Å². The van der Waals surface area contributed by atoms with E-state index in [0.29, 0.717) is 12.3 Å². The molecule has 1 unspecified atom stereocenters. The van der Waals surface area contributed by atoms with E-state index in [1.54, 1.807) is 0 Å². The largest absolute Gasteiger partial charge is 0.451 e. The minimum absolute atomic E-state index is 0.305. The molecule has 2 aromatic rings. The molecule has 1 atom stereocenters. The van der Waals surface area contributed by atoms with Gasteiger partial charge in [-0.25, -0.2) is 0 Å². The third-order valence-electron chi connectivity index (χ3n) is 1.98. The summed E-state index contributed by atoms with van der Waals surface area (Å²) in [5.74, 6) is 0.305. The van der Waals surface area contributed by atoms with Gasteiger partial charge < -0.3 is 4.74 Å². The van der Waals surface area contributed by atoms with E-state index in [1.807, 2.05) is 24.3 Å². The monoisotopic (exact) mass is 282 g/mol. The van der Waals surface area contributed by atoms with Crippen molar-refractivity contribution in [2.75, 3.05) is 0 Å². The van der Waals surface area contributed by atoms with Gasteiger partial charge in [0, 0.05) is 10.0 Å². The van der Waals surface area contributed by atoms with Gasteiger partial charge in [-0.1, -0.05) is 39.3 Å².